The van der Waals surface area contributed by atoms with Gasteiger partial charge in [-0.1, -0.05) is 18.2 Å². The number of amides is 2. The van der Waals surface area contributed by atoms with Crippen LogP contribution in [0.25, 0.3) is 11.0 Å². The Morgan fingerprint density at radius 3 is 2.18 bits per heavy atom. The van der Waals surface area contributed by atoms with E-state index >= 15 is 0 Å². The van der Waals surface area contributed by atoms with Gasteiger partial charge in [0.05, 0.1) is 17.4 Å². The number of nitrogens with one attached hydrogen (secondary N) is 1. The van der Waals surface area contributed by atoms with Crippen LogP contribution in [0.2, 0.25) is 0 Å². The van der Waals surface area contributed by atoms with Crippen LogP contribution in [0.15, 0.2) is 48.8 Å². The summed E-state index contributed by atoms with van der Waals surface area (Å²) in [7, 11) is 0. The summed E-state index contributed by atoms with van der Waals surface area (Å²) in [5.74, 6) is -4.77. The van der Waals surface area contributed by atoms with E-state index in [2.05, 4.69) is 14.9 Å². The molecule has 3 aromatic rings. The number of hydrogen-bond acceptors (Lipinski definition) is 4. The SMILES string of the molecule is O=C(Nc1c(F)cccc1F)N1CCC(Cn2cnc3ccccc32)CC1.O=C(O)C(=O)O. The molecule has 0 radical (unpaired) electrons. The van der Waals surface area contributed by atoms with E-state index in [0.29, 0.717) is 19.0 Å². The van der Waals surface area contributed by atoms with Crippen molar-refractivity contribution in [2.24, 2.45) is 5.92 Å². The van der Waals surface area contributed by atoms with Gasteiger partial charge in [0.15, 0.2) is 0 Å². The highest BCUT2D eigenvalue weighted by atomic mass is 19.1. The molecule has 2 heterocycles. The number of benzene rings is 2. The molecule has 1 aromatic heterocycles. The zero-order valence-corrected chi connectivity index (χ0v) is 17.4. The summed E-state index contributed by atoms with van der Waals surface area (Å²) in [5, 5.41) is 17.1. The minimum absolute atomic E-state index is 0.394. The summed E-state index contributed by atoms with van der Waals surface area (Å²) in [4.78, 5) is 36.5. The first-order valence-corrected chi connectivity index (χ1v) is 10.1. The predicted molar refractivity (Wildman–Crippen MR) is 115 cm³/mol. The highest BCUT2D eigenvalue weighted by Crippen LogP contribution is 2.23. The Bertz CT molecular complexity index is 1130. The number of hydrogen-bond donors (Lipinski definition) is 3. The van der Waals surface area contributed by atoms with Crippen molar-refractivity contribution in [3.05, 3.63) is 60.4 Å². The van der Waals surface area contributed by atoms with Crippen molar-refractivity contribution >= 4 is 34.7 Å². The molecule has 1 aliphatic heterocycles. The number of carboxylic acids is 2. The Morgan fingerprint density at radius 2 is 1.58 bits per heavy atom. The number of carbonyl (C=O) groups excluding carboxylic acids is 1. The minimum atomic E-state index is -1.82. The zero-order chi connectivity index (χ0) is 24.0. The number of piperidine rings is 1. The lowest BCUT2D eigenvalue weighted by molar-refractivity contribution is -0.159. The first-order chi connectivity index (χ1) is 15.8. The lowest BCUT2D eigenvalue weighted by Gasteiger charge is -2.32. The van der Waals surface area contributed by atoms with E-state index in [1.54, 1.807) is 4.90 Å². The third-order valence-corrected chi connectivity index (χ3v) is 5.26. The van der Waals surface area contributed by atoms with Crippen molar-refractivity contribution in [3.63, 3.8) is 0 Å². The molecule has 0 spiro atoms. The standard InChI is InChI=1S/C20H20F2N4O.C2H2O4/c21-15-4-3-5-16(22)19(15)24-20(27)25-10-8-14(9-11-25)12-26-13-23-17-6-1-2-7-18(17)26;3-1(4)2(5)6/h1-7,13-14H,8-12H2,(H,24,27);(H,3,4)(H,5,6). The van der Waals surface area contributed by atoms with E-state index in [-0.39, 0.29) is 0 Å². The van der Waals surface area contributed by atoms with Crippen LogP contribution in [-0.2, 0) is 16.1 Å². The maximum absolute atomic E-state index is 13.7. The lowest BCUT2D eigenvalue weighted by Crippen LogP contribution is -2.42. The van der Waals surface area contributed by atoms with Crippen LogP contribution in [0.5, 0.6) is 0 Å². The third kappa shape index (κ3) is 6.03. The maximum Gasteiger partial charge on any atom is 0.414 e. The van der Waals surface area contributed by atoms with E-state index < -0.39 is 35.3 Å². The average molecular weight is 460 g/mol. The van der Waals surface area contributed by atoms with E-state index in [9.17, 15) is 13.6 Å². The largest absolute Gasteiger partial charge is 0.473 e. The average Bonchev–Trinajstić information content (AvgIpc) is 3.20. The number of anilines is 1. The van der Waals surface area contributed by atoms with Gasteiger partial charge in [-0.2, -0.15) is 0 Å². The van der Waals surface area contributed by atoms with E-state index in [1.165, 1.54) is 6.07 Å². The van der Waals surface area contributed by atoms with Gasteiger partial charge in [0.1, 0.15) is 17.3 Å². The van der Waals surface area contributed by atoms with Crippen molar-refractivity contribution in [3.8, 4) is 0 Å². The Labute approximate surface area is 187 Å². The molecule has 1 aliphatic rings. The highest BCUT2D eigenvalue weighted by Gasteiger charge is 2.24. The van der Waals surface area contributed by atoms with Gasteiger partial charge in [0.25, 0.3) is 0 Å². The number of urea groups is 1. The van der Waals surface area contributed by atoms with Crippen molar-refractivity contribution in [2.45, 2.75) is 19.4 Å². The maximum atomic E-state index is 13.7. The fourth-order valence-electron chi connectivity index (χ4n) is 3.56. The van der Waals surface area contributed by atoms with Crippen molar-refractivity contribution < 1.29 is 33.4 Å². The summed E-state index contributed by atoms with van der Waals surface area (Å²) in [5.41, 5.74) is 1.68. The van der Waals surface area contributed by atoms with Gasteiger partial charge in [-0.05, 0) is 43.0 Å². The molecule has 174 valence electrons. The van der Waals surface area contributed by atoms with Gasteiger partial charge in [-0.25, -0.2) is 28.1 Å². The molecule has 3 N–H and O–H groups in total. The fourth-order valence-corrected chi connectivity index (χ4v) is 3.56. The molecule has 4 rings (SSSR count). The number of carbonyl (C=O) groups is 3. The van der Waals surface area contributed by atoms with Gasteiger partial charge in [-0.3, -0.25) is 0 Å². The number of carboxylic acid groups (broad SMARTS) is 2. The minimum Gasteiger partial charge on any atom is -0.473 e. The molecular formula is C22H22F2N4O5. The predicted octanol–water partition coefficient (Wildman–Crippen LogP) is 3.41. The van der Waals surface area contributed by atoms with Crippen LogP contribution in [-0.4, -0.2) is 55.7 Å². The summed E-state index contributed by atoms with van der Waals surface area (Å²) in [6.45, 7) is 1.95. The lowest BCUT2D eigenvalue weighted by atomic mass is 9.97. The number of imidazole rings is 1. The number of halogens is 2. The van der Waals surface area contributed by atoms with E-state index in [4.69, 9.17) is 19.8 Å². The van der Waals surface area contributed by atoms with E-state index in [0.717, 1.165) is 42.6 Å². The molecule has 11 heteroatoms. The summed E-state index contributed by atoms with van der Waals surface area (Å²) < 4.78 is 29.5. The van der Waals surface area contributed by atoms with Crippen molar-refractivity contribution in [2.75, 3.05) is 18.4 Å². The monoisotopic (exact) mass is 460 g/mol. The van der Waals surface area contributed by atoms with Crippen LogP contribution >= 0.6 is 0 Å². The summed E-state index contributed by atoms with van der Waals surface area (Å²) in [6, 6.07) is 11.1. The first kappa shape index (κ1) is 23.6. The number of aliphatic carboxylic acids is 2. The number of aromatic nitrogens is 2. The molecular weight excluding hydrogens is 438 g/mol. The molecule has 0 aliphatic carbocycles. The highest BCUT2D eigenvalue weighted by molar-refractivity contribution is 6.27. The van der Waals surface area contributed by atoms with Crippen LogP contribution < -0.4 is 5.32 Å². The third-order valence-electron chi connectivity index (χ3n) is 5.26. The molecule has 2 aromatic carbocycles. The molecule has 0 saturated carbocycles. The van der Waals surface area contributed by atoms with Crippen molar-refractivity contribution in [1.82, 2.24) is 14.5 Å². The molecule has 0 atom stereocenters. The van der Waals surface area contributed by atoms with Crippen LogP contribution in [0.4, 0.5) is 19.3 Å². The van der Waals surface area contributed by atoms with Gasteiger partial charge in [0, 0.05) is 19.6 Å². The second-order valence-corrected chi connectivity index (χ2v) is 7.45. The molecule has 2 amide bonds. The number of likely N-dealkylation sites (tertiary alicyclic amines) is 1. The fraction of sp³-hybridized carbons (Fsp3) is 0.273. The second kappa shape index (κ2) is 10.5. The first-order valence-electron chi connectivity index (χ1n) is 10.1. The van der Waals surface area contributed by atoms with Gasteiger partial charge in [-0.15, -0.1) is 0 Å². The molecule has 0 bridgehead atoms. The number of nitrogens with zero attached hydrogens (tertiary/aromatic N) is 3. The zero-order valence-electron chi connectivity index (χ0n) is 17.4. The number of rotatable bonds is 3. The van der Waals surface area contributed by atoms with Crippen LogP contribution in [0, 0.1) is 17.6 Å². The summed E-state index contributed by atoms with van der Waals surface area (Å²) in [6.07, 6.45) is 3.52. The smallest absolute Gasteiger partial charge is 0.414 e. The van der Waals surface area contributed by atoms with Crippen molar-refractivity contribution in [1.29, 1.82) is 0 Å². The Balaban J connectivity index is 0.000000454. The van der Waals surface area contributed by atoms with Gasteiger partial charge >= 0.3 is 18.0 Å². The molecule has 9 nitrogen and oxygen atoms in total. The molecule has 1 saturated heterocycles. The molecule has 33 heavy (non-hydrogen) atoms. The summed E-state index contributed by atoms with van der Waals surface area (Å²) >= 11 is 0. The molecule has 1 fully saturated rings. The quantitative estimate of drug-likeness (QED) is 0.515. The topological polar surface area (TPSA) is 125 Å². The Kier molecular flexibility index (Phi) is 7.54. The van der Waals surface area contributed by atoms with E-state index in [1.807, 2.05) is 30.6 Å². The Hall–Kier alpha value is -4.02. The van der Waals surface area contributed by atoms with Gasteiger partial charge < -0.3 is 25.0 Å². The second-order valence-electron chi connectivity index (χ2n) is 7.45. The van der Waals surface area contributed by atoms with Crippen LogP contribution in [0.1, 0.15) is 12.8 Å². The normalized spacial score (nSPS) is 13.8. The number of fused-ring (bicyclic) bond motifs is 1. The number of para-hydroxylation sites is 3. The van der Waals surface area contributed by atoms with Gasteiger partial charge in [0.2, 0.25) is 0 Å². The van der Waals surface area contributed by atoms with Crippen LogP contribution in [0.3, 0.4) is 0 Å². The molecule has 0 unspecified atom stereocenters. The Morgan fingerprint density at radius 1 is 0.970 bits per heavy atom.